The molecule has 100 valence electrons. The lowest BCUT2D eigenvalue weighted by atomic mass is 9.89. The monoisotopic (exact) mass is 254 g/mol. The van der Waals surface area contributed by atoms with E-state index in [1.54, 1.807) is 0 Å². The van der Waals surface area contributed by atoms with E-state index in [4.69, 9.17) is 10.7 Å². The van der Waals surface area contributed by atoms with E-state index < -0.39 is 0 Å². The van der Waals surface area contributed by atoms with Crippen molar-refractivity contribution in [3.8, 4) is 0 Å². The second-order valence-electron chi connectivity index (χ2n) is 6.11. The van der Waals surface area contributed by atoms with Crippen molar-refractivity contribution in [2.24, 2.45) is 5.92 Å². The summed E-state index contributed by atoms with van der Waals surface area (Å²) in [6.07, 6.45) is 5.94. The zero-order valence-corrected chi connectivity index (χ0v) is 11.9. The average molecular weight is 254 g/mol. The third-order valence-corrected chi connectivity index (χ3v) is 4.01. The van der Waals surface area contributed by atoms with E-state index in [1.807, 2.05) is 0 Å². The molecule has 0 amide bonds. The fourth-order valence-electron chi connectivity index (χ4n) is 3.13. The molecule has 2 heteroatoms. The Morgan fingerprint density at radius 3 is 2.79 bits per heavy atom. The highest BCUT2D eigenvalue weighted by Crippen LogP contribution is 2.31. The fourth-order valence-corrected chi connectivity index (χ4v) is 3.13. The van der Waals surface area contributed by atoms with Crippen molar-refractivity contribution in [1.82, 2.24) is 4.98 Å². The molecule has 0 fully saturated rings. The molecular weight excluding hydrogens is 232 g/mol. The minimum Gasteiger partial charge on any atom is -0.398 e. The quantitative estimate of drug-likeness (QED) is 0.883. The number of aryl methyl sites for hydroxylation is 2. The highest BCUT2D eigenvalue weighted by molar-refractivity contribution is 5.93. The Balaban J connectivity index is 2.19. The van der Waals surface area contributed by atoms with Crippen LogP contribution in [0.2, 0.25) is 0 Å². The molecule has 1 heterocycles. The van der Waals surface area contributed by atoms with E-state index >= 15 is 0 Å². The molecule has 1 aromatic heterocycles. The van der Waals surface area contributed by atoms with E-state index in [0.29, 0.717) is 5.92 Å². The molecule has 1 aliphatic rings. The largest absolute Gasteiger partial charge is 0.398 e. The Morgan fingerprint density at radius 1 is 1.21 bits per heavy atom. The first kappa shape index (κ1) is 12.5. The molecule has 3 rings (SSSR count). The maximum Gasteiger partial charge on any atom is 0.0760 e. The summed E-state index contributed by atoms with van der Waals surface area (Å²) in [4.78, 5) is 4.91. The van der Waals surface area contributed by atoms with Crippen LogP contribution in [-0.4, -0.2) is 4.98 Å². The van der Waals surface area contributed by atoms with Crippen molar-refractivity contribution >= 4 is 16.6 Å². The Bertz CT molecular complexity index is 614. The molecular formula is C17H22N2. The smallest absolute Gasteiger partial charge is 0.0760 e. The second-order valence-corrected chi connectivity index (χ2v) is 6.11. The van der Waals surface area contributed by atoms with Crippen LogP contribution >= 0.6 is 0 Å². The molecule has 0 radical (unpaired) electrons. The van der Waals surface area contributed by atoms with Crippen LogP contribution in [-0.2, 0) is 19.3 Å². The van der Waals surface area contributed by atoms with Gasteiger partial charge in [-0.3, -0.25) is 4.98 Å². The maximum atomic E-state index is 6.23. The van der Waals surface area contributed by atoms with E-state index in [1.165, 1.54) is 30.4 Å². The van der Waals surface area contributed by atoms with Crippen molar-refractivity contribution in [1.29, 1.82) is 0 Å². The SMILES string of the molecule is CC(C)Cc1cc(N)c2ccc3c(c2n1)CCCC3. The minimum absolute atomic E-state index is 0.615. The number of aromatic nitrogens is 1. The van der Waals surface area contributed by atoms with E-state index in [2.05, 4.69) is 32.0 Å². The Kier molecular flexibility index (Phi) is 3.17. The number of hydrogen-bond acceptors (Lipinski definition) is 2. The van der Waals surface area contributed by atoms with Crippen molar-refractivity contribution in [2.75, 3.05) is 5.73 Å². The van der Waals surface area contributed by atoms with Gasteiger partial charge in [0.1, 0.15) is 0 Å². The number of rotatable bonds is 2. The highest BCUT2D eigenvalue weighted by Gasteiger charge is 2.15. The van der Waals surface area contributed by atoms with Crippen LogP contribution in [0, 0.1) is 5.92 Å². The van der Waals surface area contributed by atoms with Gasteiger partial charge >= 0.3 is 0 Å². The lowest BCUT2D eigenvalue weighted by molar-refractivity contribution is 0.636. The zero-order valence-electron chi connectivity index (χ0n) is 11.9. The van der Waals surface area contributed by atoms with Gasteiger partial charge in [-0.05, 0) is 55.2 Å². The first-order chi connectivity index (χ1) is 9.15. The second kappa shape index (κ2) is 4.84. The standard InChI is InChI=1S/C17H22N2/c1-11(2)9-13-10-16(18)15-8-7-12-5-3-4-6-14(12)17(15)19-13/h7-8,10-11H,3-6,9H2,1-2H3,(H2,18,19). The Morgan fingerprint density at radius 2 is 2.00 bits per heavy atom. The predicted octanol–water partition coefficient (Wildman–Crippen LogP) is 3.89. The van der Waals surface area contributed by atoms with Gasteiger partial charge in [0.05, 0.1) is 5.52 Å². The maximum absolute atomic E-state index is 6.23. The summed E-state index contributed by atoms with van der Waals surface area (Å²) in [5.41, 5.74) is 12.3. The fraction of sp³-hybridized carbons (Fsp3) is 0.471. The third-order valence-electron chi connectivity index (χ3n) is 4.01. The lowest BCUT2D eigenvalue weighted by Crippen LogP contribution is -2.07. The molecule has 0 saturated heterocycles. The first-order valence-electron chi connectivity index (χ1n) is 7.35. The Labute approximate surface area is 115 Å². The van der Waals surface area contributed by atoms with Gasteiger partial charge in [-0.15, -0.1) is 0 Å². The van der Waals surface area contributed by atoms with Crippen molar-refractivity contribution in [3.05, 3.63) is 35.0 Å². The number of nitrogens with zero attached hydrogens (tertiary/aromatic N) is 1. The zero-order chi connectivity index (χ0) is 13.4. The summed E-state index contributed by atoms with van der Waals surface area (Å²) in [5.74, 6) is 0.615. The summed E-state index contributed by atoms with van der Waals surface area (Å²) in [6, 6.07) is 6.45. The van der Waals surface area contributed by atoms with E-state index in [-0.39, 0.29) is 0 Å². The minimum atomic E-state index is 0.615. The van der Waals surface area contributed by atoms with Crippen molar-refractivity contribution in [3.63, 3.8) is 0 Å². The lowest BCUT2D eigenvalue weighted by Gasteiger charge is -2.18. The molecule has 0 saturated carbocycles. The summed E-state index contributed by atoms with van der Waals surface area (Å²) in [5, 5.41) is 1.13. The van der Waals surface area contributed by atoms with Crippen LogP contribution in [0.5, 0.6) is 0 Å². The van der Waals surface area contributed by atoms with Crippen LogP contribution in [0.4, 0.5) is 5.69 Å². The molecule has 0 aliphatic heterocycles. The number of benzene rings is 1. The van der Waals surface area contributed by atoms with Gasteiger partial charge in [0.2, 0.25) is 0 Å². The van der Waals surface area contributed by atoms with Crippen LogP contribution < -0.4 is 5.73 Å². The molecule has 0 spiro atoms. The number of hydrogen-bond donors (Lipinski definition) is 1. The summed E-state index contributed by atoms with van der Waals surface area (Å²) in [7, 11) is 0. The van der Waals surface area contributed by atoms with Crippen LogP contribution in [0.25, 0.3) is 10.9 Å². The summed E-state index contributed by atoms with van der Waals surface area (Å²) < 4.78 is 0. The van der Waals surface area contributed by atoms with Gasteiger partial charge in [0, 0.05) is 16.8 Å². The normalized spacial score (nSPS) is 14.9. The molecule has 0 unspecified atom stereocenters. The summed E-state index contributed by atoms with van der Waals surface area (Å²) in [6.45, 7) is 4.45. The molecule has 19 heavy (non-hydrogen) atoms. The molecule has 0 bridgehead atoms. The number of nitrogen functional groups attached to an aromatic ring is 1. The molecule has 0 atom stereocenters. The van der Waals surface area contributed by atoms with Crippen LogP contribution in [0.15, 0.2) is 18.2 Å². The molecule has 1 aromatic carbocycles. The topological polar surface area (TPSA) is 38.9 Å². The van der Waals surface area contributed by atoms with Gasteiger partial charge in [0.15, 0.2) is 0 Å². The first-order valence-corrected chi connectivity index (χ1v) is 7.35. The molecule has 2 N–H and O–H groups in total. The van der Waals surface area contributed by atoms with Crippen molar-refractivity contribution < 1.29 is 0 Å². The van der Waals surface area contributed by atoms with Gasteiger partial charge < -0.3 is 5.73 Å². The number of pyridine rings is 1. The van der Waals surface area contributed by atoms with Gasteiger partial charge in [0.25, 0.3) is 0 Å². The summed E-state index contributed by atoms with van der Waals surface area (Å²) >= 11 is 0. The highest BCUT2D eigenvalue weighted by atomic mass is 14.7. The molecule has 2 aromatic rings. The molecule has 2 nitrogen and oxygen atoms in total. The Hall–Kier alpha value is -1.57. The van der Waals surface area contributed by atoms with Crippen LogP contribution in [0.1, 0.15) is 43.5 Å². The molecule has 1 aliphatic carbocycles. The number of fused-ring (bicyclic) bond motifs is 3. The van der Waals surface area contributed by atoms with Gasteiger partial charge in [-0.25, -0.2) is 0 Å². The predicted molar refractivity (Wildman–Crippen MR) is 81.3 cm³/mol. The van der Waals surface area contributed by atoms with Crippen LogP contribution in [0.3, 0.4) is 0 Å². The third kappa shape index (κ3) is 2.32. The number of anilines is 1. The van der Waals surface area contributed by atoms with E-state index in [0.717, 1.165) is 35.1 Å². The van der Waals surface area contributed by atoms with Gasteiger partial charge in [-0.1, -0.05) is 26.0 Å². The average Bonchev–Trinajstić information content (AvgIpc) is 2.38. The van der Waals surface area contributed by atoms with Gasteiger partial charge in [-0.2, -0.15) is 0 Å². The number of nitrogens with two attached hydrogens (primary N) is 1. The van der Waals surface area contributed by atoms with E-state index in [9.17, 15) is 0 Å². The van der Waals surface area contributed by atoms with Crippen molar-refractivity contribution in [2.45, 2.75) is 46.0 Å².